The zero-order chi connectivity index (χ0) is 80.3. The van der Waals surface area contributed by atoms with Crippen LogP contribution in [-0.4, -0.2) is 166 Å². The first kappa shape index (κ1) is 78.5. The van der Waals surface area contributed by atoms with Gasteiger partial charge < -0.3 is 44.8 Å². The highest BCUT2D eigenvalue weighted by molar-refractivity contribution is 6.35. The number of ether oxygens (including phenoxy) is 2. The van der Waals surface area contributed by atoms with Crippen molar-refractivity contribution in [3.05, 3.63) is 183 Å². The number of aromatic nitrogens is 9. The number of fused-ring (bicyclic) bond motifs is 3. The molecule has 3 atom stereocenters. The van der Waals surface area contributed by atoms with E-state index in [9.17, 15) is 63.9 Å². The minimum atomic E-state index is -0.827. The van der Waals surface area contributed by atoms with E-state index in [0.29, 0.717) is 54.5 Å². The Hall–Kier alpha value is -12.1. The lowest BCUT2D eigenvalue weighted by Crippen LogP contribution is -2.45. The summed E-state index contributed by atoms with van der Waals surface area (Å²) in [7, 11) is 0. The Morgan fingerprint density at radius 3 is 1.32 bits per heavy atom. The first-order chi connectivity index (χ1) is 52.4. The van der Waals surface area contributed by atoms with Crippen molar-refractivity contribution in [3.63, 3.8) is 0 Å². The van der Waals surface area contributed by atoms with Crippen molar-refractivity contribution in [2.75, 3.05) is 34.3 Å². The van der Waals surface area contributed by atoms with Crippen molar-refractivity contribution in [2.45, 2.75) is 168 Å². The molecule has 3 saturated heterocycles. The Kier molecular flexibility index (Phi) is 21.3. The van der Waals surface area contributed by atoms with Crippen LogP contribution in [0.3, 0.4) is 0 Å². The smallest absolute Gasteiger partial charge is 0.417 e. The van der Waals surface area contributed by atoms with Gasteiger partial charge in [-0.15, -0.1) is 0 Å². The molecule has 9 aromatic rings. The van der Waals surface area contributed by atoms with Crippen LogP contribution in [0.1, 0.15) is 167 Å². The summed E-state index contributed by atoms with van der Waals surface area (Å²) in [5, 5.41) is 77.8. The first-order valence-electron chi connectivity index (χ1n) is 35.6. The Morgan fingerprint density at radius 1 is 0.541 bits per heavy atom. The number of carbonyl (C=O) groups is 5. The summed E-state index contributed by atoms with van der Waals surface area (Å²) in [6.07, 6.45) is 4.28. The van der Waals surface area contributed by atoms with Gasteiger partial charge in [0.05, 0.1) is 180 Å². The number of aliphatic hydroxyl groups excluding tert-OH is 3. The molecular formula is C79H80ClF3N18O10. The second-order valence-electron chi connectivity index (χ2n) is 30.8. The van der Waals surface area contributed by atoms with Gasteiger partial charge in [0.15, 0.2) is 11.6 Å². The minimum absolute atomic E-state index is 0.00660. The number of aromatic amines is 1. The maximum atomic E-state index is 15.0. The van der Waals surface area contributed by atoms with Gasteiger partial charge in [-0.3, -0.25) is 19.5 Å². The number of carbonyl (C=O) groups excluding carboxylic acids is 5. The number of H-pyrrole nitrogens is 1. The normalized spacial score (nSPS) is 18.3. The van der Waals surface area contributed by atoms with Crippen LogP contribution >= 0.6 is 11.6 Å². The molecule has 6 aliphatic heterocycles. The highest BCUT2D eigenvalue weighted by Gasteiger charge is 2.46. The number of pyridine rings is 3. The second-order valence-corrected chi connectivity index (χ2v) is 31.2. The third kappa shape index (κ3) is 15.3. The van der Waals surface area contributed by atoms with E-state index in [1.54, 1.807) is 76.9 Å². The molecule has 0 saturated carbocycles. The van der Waals surface area contributed by atoms with Crippen molar-refractivity contribution in [1.29, 1.82) is 15.8 Å². The highest BCUT2D eigenvalue weighted by atomic mass is 35.5. The van der Waals surface area contributed by atoms with Gasteiger partial charge in [-0.1, -0.05) is 29.8 Å². The van der Waals surface area contributed by atoms with Gasteiger partial charge in [0.2, 0.25) is 0 Å². The molecule has 3 fully saturated rings. The van der Waals surface area contributed by atoms with Crippen LogP contribution < -0.4 is 20.0 Å². The van der Waals surface area contributed by atoms with Crippen LogP contribution in [0.15, 0.2) is 110 Å². The molecular weight excluding hydrogens is 1450 g/mol. The van der Waals surface area contributed by atoms with Gasteiger partial charge in [0, 0.05) is 50.2 Å². The van der Waals surface area contributed by atoms with Crippen LogP contribution in [0, 0.1) is 51.4 Å². The zero-order valence-electron chi connectivity index (χ0n) is 62.9. The Morgan fingerprint density at radius 2 is 0.928 bits per heavy atom. The third-order valence-electron chi connectivity index (χ3n) is 20.2. The van der Waals surface area contributed by atoms with E-state index in [2.05, 4.69) is 40.5 Å². The number of nitrogens with one attached hydrogen (secondary N) is 2. The van der Waals surface area contributed by atoms with Gasteiger partial charge in [0.1, 0.15) is 34.5 Å². The molecule has 0 aliphatic carbocycles. The SMILES string of the molecule is CC(C)(C)OC(=O)N1Cc2nc(-c3c(F)cccc3C#N)cc(-n3ccc(N4CCC(O)C4(C)C)n3)c2C1=O.CC(C)(C)OC(=O)N1Cc2nc(-c3c(F)cccc3C#N)cc(Cl)c2C1=O.CC1(C)C(O)CCN1c1ccn(-c2cc(-c3c(F)cccc3C#N)nc3c2C(=O)NC3)n1.CC1(C)C(O)CCN1c1ccn[nH]1. The summed E-state index contributed by atoms with van der Waals surface area (Å²) in [5.41, 5.74) is 0.346. The molecule has 5 amide bonds. The standard InChI is InChI=1S/C28H29FN6O4.C23H21FN6O2.C19H15ClFN3O3.C9H15N3O/c1-27(2,3)39-26(38)33-15-19-24(25(33)37)20(13-18(31-19)23-16(14-30)7-6-8-17(23)29)35-12-10-22(32-35)34-11-9-21(36)28(34,4)5;1-23(2)18(31)6-8-29(23)19-7-9-30(28-19)17-10-15(27-16-12-26-22(32)21(16)17)20-13(11-25)4-3-5-14(20)24;1-19(2,3)27-18(26)24-9-14-16(17(24)25)11(20)7-13(23-14)15-10(8-22)5-4-6-12(15)21;1-9(2)7(13)4-6-12(9)8-3-5-10-11-8/h6-8,10,12-13,21,36H,9,11,15H2,1-5H3;3-5,7,9-10,18,31H,6,8,12H2,1-2H3,(H,26,32);4-7H,9H2,1-3H3;3,5,7,13H,4,6H2,1-2H3,(H,10,11). The molecule has 0 spiro atoms. The summed E-state index contributed by atoms with van der Waals surface area (Å²) in [4.78, 5) is 85.1. The lowest BCUT2D eigenvalue weighted by atomic mass is 9.99. The zero-order valence-corrected chi connectivity index (χ0v) is 63.6. The summed E-state index contributed by atoms with van der Waals surface area (Å²) >= 11 is 6.23. The number of benzene rings is 3. The lowest BCUT2D eigenvalue weighted by molar-refractivity contribution is 0.0230. The first-order valence-corrected chi connectivity index (χ1v) is 36.0. The number of hydrogen-bond acceptors (Lipinski definition) is 22. The third-order valence-corrected chi connectivity index (χ3v) is 20.5. The summed E-state index contributed by atoms with van der Waals surface area (Å²) in [6, 6.07) is 28.3. The number of anilines is 3. The number of nitrogens with zero attached hydrogens (tertiary/aromatic N) is 16. The molecule has 5 N–H and O–H groups in total. The van der Waals surface area contributed by atoms with Crippen LogP contribution in [-0.2, 0) is 29.1 Å². The number of nitriles is 3. The van der Waals surface area contributed by atoms with Gasteiger partial charge >= 0.3 is 12.2 Å². The number of hydrogen-bond donors (Lipinski definition) is 5. The van der Waals surface area contributed by atoms with Crippen LogP contribution in [0.2, 0.25) is 5.02 Å². The fourth-order valence-corrected chi connectivity index (χ4v) is 14.4. The molecule has 15 rings (SSSR count). The summed E-state index contributed by atoms with van der Waals surface area (Å²) in [6.45, 7) is 24.0. The van der Waals surface area contributed by atoms with E-state index < -0.39 is 75.9 Å². The average Bonchev–Trinajstić information content (AvgIpc) is 1.64. The molecule has 0 radical (unpaired) electrons. The number of imide groups is 2. The predicted molar refractivity (Wildman–Crippen MR) is 400 cm³/mol. The molecule has 6 aromatic heterocycles. The predicted octanol–water partition coefficient (Wildman–Crippen LogP) is 11.8. The molecule has 6 aliphatic rings. The van der Waals surface area contributed by atoms with Crippen LogP contribution in [0.25, 0.3) is 45.1 Å². The molecule has 0 bridgehead atoms. The number of rotatable bonds is 8. The molecule has 12 heterocycles. The van der Waals surface area contributed by atoms with Crippen LogP contribution in [0.4, 0.5) is 40.2 Å². The van der Waals surface area contributed by atoms with Gasteiger partial charge in [-0.05, 0) is 157 Å². The quantitative estimate of drug-likeness (QED) is 0.0943. The number of halogens is 4. The van der Waals surface area contributed by atoms with Crippen molar-refractivity contribution < 1.29 is 61.9 Å². The van der Waals surface area contributed by atoms with E-state index >= 15 is 4.39 Å². The Bertz CT molecular complexity index is 5340. The second kappa shape index (κ2) is 30.1. The van der Waals surface area contributed by atoms with E-state index in [4.69, 9.17) is 26.2 Å². The highest BCUT2D eigenvalue weighted by Crippen LogP contribution is 2.41. The Balaban J connectivity index is 0.000000145. The van der Waals surface area contributed by atoms with Gasteiger partial charge in [-0.2, -0.15) is 31.1 Å². The lowest BCUT2D eigenvalue weighted by Gasteiger charge is -2.34. The van der Waals surface area contributed by atoms with Crippen LogP contribution in [0.5, 0.6) is 0 Å². The minimum Gasteiger partial charge on any atom is -0.443 e. The monoisotopic (exact) mass is 1530 g/mol. The number of aliphatic hydroxyl groups is 3. The summed E-state index contributed by atoms with van der Waals surface area (Å²) < 4.78 is 57.7. The topological polar surface area (TPSA) is 367 Å². The van der Waals surface area contributed by atoms with E-state index in [-0.39, 0.29) is 121 Å². The van der Waals surface area contributed by atoms with Crippen molar-refractivity contribution in [3.8, 4) is 63.4 Å². The molecule has 28 nitrogen and oxygen atoms in total. The van der Waals surface area contributed by atoms with Crippen molar-refractivity contribution in [2.24, 2.45) is 0 Å². The summed E-state index contributed by atoms with van der Waals surface area (Å²) in [5.74, 6) is -1.12. The molecule has 3 aromatic carbocycles. The molecule has 3 unspecified atom stereocenters. The number of amides is 5. The van der Waals surface area contributed by atoms with Crippen molar-refractivity contribution in [1.82, 2.24) is 59.8 Å². The fraction of sp³-hybridized carbons (Fsp3) is 0.367. The Labute approximate surface area is 641 Å². The van der Waals surface area contributed by atoms with Gasteiger partial charge in [0.25, 0.3) is 17.7 Å². The molecule has 32 heteroatoms. The van der Waals surface area contributed by atoms with Crippen molar-refractivity contribution >= 4 is 59.0 Å². The largest absolute Gasteiger partial charge is 0.443 e. The van der Waals surface area contributed by atoms with Gasteiger partial charge in [-0.25, -0.2) is 56.9 Å². The molecule has 574 valence electrons. The maximum absolute atomic E-state index is 15.0. The average molecular weight is 1530 g/mol. The van der Waals surface area contributed by atoms with E-state index in [0.717, 1.165) is 28.6 Å². The molecule has 111 heavy (non-hydrogen) atoms. The van der Waals surface area contributed by atoms with E-state index in [1.165, 1.54) is 71.4 Å². The fourth-order valence-electron chi connectivity index (χ4n) is 14.1. The van der Waals surface area contributed by atoms with E-state index in [1.807, 2.05) is 81.7 Å². The maximum Gasteiger partial charge on any atom is 0.417 e.